The molecular weight excluding hydrogens is 462 g/mol. The zero-order chi connectivity index (χ0) is 23.6. The molecule has 33 heavy (non-hydrogen) atoms. The molecule has 0 spiro atoms. The summed E-state index contributed by atoms with van der Waals surface area (Å²) in [5.41, 5.74) is 2.93. The average molecular weight is 484 g/mol. The van der Waals surface area contributed by atoms with Crippen LogP contribution in [0.4, 0.5) is 5.69 Å². The summed E-state index contributed by atoms with van der Waals surface area (Å²) < 4.78 is 32.9. The Hall–Kier alpha value is -3.36. The predicted molar refractivity (Wildman–Crippen MR) is 128 cm³/mol. The third-order valence-corrected chi connectivity index (χ3v) is 6.98. The number of methoxy groups -OCH3 is 1. The van der Waals surface area contributed by atoms with E-state index in [4.69, 9.17) is 16.3 Å². The minimum atomic E-state index is -3.73. The van der Waals surface area contributed by atoms with Gasteiger partial charge < -0.3 is 4.74 Å². The minimum Gasteiger partial charge on any atom is -0.497 e. The van der Waals surface area contributed by atoms with Gasteiger partial charge in [0.15, 0.2) is 0 Å². The Morgan fingerprint density at radius 3 is 2.24 bits per heavy atom. The molecule has 1 atom stereocenters. The molecule has 1 amide bonds. The number of nitrogens with one attached hydrogen (secondary N) is 1. The van der Waals surface area contributed by atoms with Gasteiger partial charge in [-0.1, -0.05) is 35.9 Å². The molecule has 3 aromatic rings. The number of nitrogens with zero attached hydrogens (tertiary/aromatic N) is 2. The first-order valence-electron chi connectivity index (χ1n) is 10.2. The van der Waals surface area contributed by atoms with Gasteiger partial charge in [0.1, 0.15) is 5.75 Å². The summed E-state index contributed by atoms with van der Waals surface area (Å²) in [6.45, 7) is 1.48. The van der Waals surface area contributed by atoms with Gasteiger partial charge in [-0.3, -0.25) is 9.52 Å². The molecule has 170 valence electrons. The van der Waals surface area contributed by atoms with Gasteiger partial charge in [0.05, 0.1) is 23.8 Å². The standard InChI is InChI=1S/C24H22ClN3O4S/c1-16(29)28-24(18-5-11-21(32-2)12-6-18)15-23(26-28)17-3-9-20(10-4-17)27-33(30,31)22-13-7-19(25)8-14-22/h3-14,24,27H,15H2,1-2H3. The number of hydrogen-bond acceptors (Lipinski definition) is 5. The maximum absolute atomic E-state index is 12.6. The first kappa shape index (κ1) is 22.8. The first-order valence-corrected chi connectivity index (χ1v) is 12.0. The molecule has 0 aliphatic carbocycles. The highest BCUT2D eigenvalue weighted by Gasteiger charge is 2.31. The summed E-state index contributed by atoms with van der Waals surface area (Å²) in [5, 5.41) is 6.48. The smallest absolute Gasteiger partial charge is 0.261 e. The fourth-order valence-electron chi connectivity index (χ4n) is 3.62. The van der Waals surface area contributed by atoms with Crippen LogP contribution in [0.5, 0.6) is 5.75 Å². The fourth-order valence-corrected chi connectivity index (χ4v) is 4.80. The number of ether oxygens (including phenoxy) is 1. The van der Waals surface area contributed by atoms with Crippen molar-refractivity contribution in [2.45, 2.75) is 24.3 Å². The van der Waals surface area contributed by atoms with Gasteiger partial charge in [0.2, 0.25) is 5.91 Å². The van der Waals surface area contributed by atoms with E-state index in [0.717, 1.165) is 22.6 Å². The Morgan fingerprint density at radius 1 is 1.03 bits per heavy atom. The number of carbonyl (C=O) groups is 1. The van der Waals surface area contributed by atoms with Crippen molar-refractivity contribution in [2.24, 2.45) is 5.10 Å². The zero-order valence-electron chi connectivity index (χ0n) is 18.0. The summed E-state index contributed by atoms with van der Waals surface area (Å²) in [5.74, 6) is 0.585. The maximum atomic E-state index is 12.6. The Kier molecular flexibility index (Phi) is 6.40. The van der Waals surface area contributed by atoms with Crippen LogP contribution in [0.1, 0.15) is 30.5 Å². The van der Waals surface area contributed by atoms with E-state index in [1.54, 1.807) is 31.4 Å². The number of sulfonamides is 1. The summed E-state index contributed by atoms with van der Waals surface area (Å²) in [6.07, 6.45) is 0.543. The van der Waals surface area contributed by atoms with Crippen molar-refractivity contribution in [3.8, 4) is 5.75 Å². The Morgan fingerprint density at radius 2 is 1.67 bits per heavy atom. The largest absolute Gasteiger partial charge is 0.497 e. The second-order valence-electron chi connectivity index (χ2n) is 7.54. The summed E-state index contributed by atoms with van der Waals surface area (Å²) in [7, 11) is -2.13. The van der Waals surface area contributed by atoms with Crippen molar-refractivity contribution in [1.29, 1.82) is 0 Å². The number of rotatable bonds is 6. The molecule has 9 heteroatoms. The van der Waals surface area contributed by atoms with Crippen molar-refractivity contribution in [3.05, 3.63) is 88.9 Å². The Balaban J connectivity index is 1.52. The van der Waals surface area contributed by atoms with Gasteiger partial charge in [-0.2, -0.15) is 5.10 Å². The summed E-state index contributed by atoms with van der Waals surface area (Å²) >= 11 is 5.84. The van der Waals surface area contributed by atoms with Crippen molar-refractivity contribution < 1.29 is 17.9 Å². The number of amides is 1. The molecule has 0 radical (unpaired) electrons. The van der Waals surface area contributed by atoms with E-state index < -0.39 is 10.0 Å². The van der Waals surface area contributed by atoms with Crippen LogP contribution in [-0.4, -0.2) is 32.2 Å². The molecule has 0 aromatic heterocycles. The van der Waals surface area contributed by atoms with Crippen LogP contribution in [0, 0.1) is 0 Å². The van der Waals surface area contributed by atoms with Crippen LogP contribution in [0.2, 0.25) is 5.02 Å². The van der Waals surface area contributed by atoms with E-state index in [9.17, 15) is 13.2 Å². The lowest BCUT2D eigenvalue weighted by atomic mass is 9.98. The van der Waals surface area contributed by atoms with Gasteiger partial charge in [-0.15, -0.1) is 0 Å². The second-order valence-corrected chi connectivity index (χ2v) is 9.66. The lowest BCUT2D eigenvalue weighted by Crippen LogP contribution is -2.24. The van der Waals surface area contributed by atoms with Crippen LogP contribution >= 0.6 is 11.6 Å². The van der Waals surface area contributed by atoms with Gasteiger partial charge in [0, 0.05) is 24.1 Å². The third-order valence-electron chi connectivity index (χ3n) is 5.33. The SMILES string of the molecule is COc1ccc(C2CC(c3ccc(NS(=O)(=O)c4ccc(Cl)cc4)cc3)=NN2C(C)=O)cc1. The summed E-state index contributed by atoms with van der Waals surface area (Å²) in [6, 6.07) is 20.2. The molecule has 7 nitrogen and oxygen atoms in total. The molecule has 1 unspecified atom stereocenters. The van der Waals surface area contributed by atoms with Crippen LogP contribution in [0.3, 0.4) is 0 Å². The van der Waals surface area contributed by atoms with E-state index >= 15 is 0 Å². The molecule has 0 saturated carbocycles. The van der Waals surface area contributed by atoms with E-state index in [2.05, 4.69) is 9.82 Å². The average Bonchev–Trinajstić information content (AvgIpc) is 3.25. The highest BCUT2D eigenvalue weighted by atomic mass is 35.5. The molecule has 1 heterocycles. The maximum Gasteiger partial charge on any atom is 0.261 e. The number of anilines is 1. The lowest BCUT2D eigenvalue weighted by molar-refractivity contribution is -0.130. The highest BCUT2D eigenvalue weighted by molar-refractivity contribution is 7.92. The molecular formula is C24H22ClN3O4S. The monoisotopic (exact) mass is 483 g/mol. The molecule has 1 aliphatic heterocycles. The molecule has 1 N–H and O–H groups in total. The van der Waals surface area contributed by atoms with Crippen LogP contribution in [-0.2, 0) is 14.8 Å². The normalized spacial score (nSPS) is 15.8. The molecule has 0 saturated heterocycles. The highest BCUT2D eigenvalue weighted by Crippen LogP contribution is 2.33. The molecule has 1 aliphatic rings. The fraction of sp³-hybridized carbons (Fsp3) is 0.167. The van der Waals surface area contributed by atoms with Crippen molar-refractivity contribution >= 4 is 38.9 Å². The van der Waals surface area contributed by atoms with Gasteiger partial charge in [0.25, 0.3) is 10.0 Å². The Bertz CT molecular complexity index is 1290. The quantitative estimate of drug-likeness (QED) is 0.543. The molecule has 3 aromatic carbocycles. The first-order chi connectivity index (χ1) is 15.8. The van der Waals surface area contributed by atoms with Gasteiger partial charge >= 0.3 is 0 Å². The van der Waals surface area contributed by atoms with E-state index in [1.165, 1.54) is 36.2 Å². The predicted octanol–water partition coefficient (Wildman–Crippen LogP) is 4.85. The lowest BCUT2D eigenvalue weighted by Gasteiger charge is -2.20. The van der Waals surface area contributed by atoms with E-state index in [1.807, 2.05) is 24.3 Å². The number of hydrogen-bond donors (Lipinski definition) is 1. The van der Waals surface area contributed by atoms with Crippen LogP contribution in [0.15, 0.2) is 82.8 Å². The van der Waals surface area contributed by atoms with Crippen molar-refractivity contribution in [1.82, 2.24) is 5.01 Å². The number of halogens is 1. The summed E-state index contributed by atoms with van der Waals surface area (Å²) in [4.78, 5) is 12.3. The number of hydrazone groups is 1. The molecule has 0 fully saturated rings. The van der Waals surface area contributed by atoms with E-state index in [0.29, 0.717) is 17.1 Å². The third kappa shape index (κ3) is 5.02. The number of benzene rings is 3. The molecule has 4 rings (SSSR count). The van der Waals surface area contributed by atoms with Gasteiger partial charge in [-0.05, 0) is 59.7 Å². The Labute approximate surface area is 197 Å². The van der Waals surface area contributed by atoms with Crippen molar-refractivity contribution in [2.75, 3.05) is 11.8 Å². The van der Waals surface area contributed by atoms with Crippen LogP contribution in [0.25, 0.3) is 0 Å². The molecule has 0 bridgehead atoms. The zero-order valence-corrected chi connectivity index (χ0v) is 19.6. The van der Waals surface area contributed by atoms with E-state index in [-0.39, 0.29) is 16.8 Å². The minimum absolute atomic E-state index is 0.121. The van der Waals surface area contributed by atoms with Gasteiger partial charge in [-0.25, -0.2) is 13.4 Å². The van der Waals surface area contributed by atoms with Crippen molar-refractivity contribution in [3.63, 3.8) is 0 Å². The second kappa shape index (κ2) is 9.25. The number of carbonyl (C=O) groups excluding carboxylic acids is 1. The topological polar surface area (TPSA) is 88.1 Å². The van der Waals surface area contributed by atoms with Crippen LogP contribution < -0.4 is 9.46 Å².